The SMILES string of the molecule is Cc1ccc(NC(=O)c2cc(O)cc(-c3ccc(C(=O)N4CCNCC4)cc3)c2)cc1. The smallest absolute Gasteiger partial charge is 0.255 e. The number of carbonyl (C=O) groups excluding carboxylic acids is 2. The number of phenolic OH excluding ortho intramolecular Hbond substituents is 1. The third-order valence-electron chi connectivity index (χ3n) is 5.36. The van der Waals surface area contributed by atoms with Crippen LogP contribution in [0, 0.1) is 6.92 Å². The van der Waals surface area contributed by atoms with Gasteiger partial charge in [-0.05, 0) is 60.5 Å². The fraction of sp³-hybridized carbons (Fsp3) is 0.200. The van der Waals surface area contributed by atoms with Crippen molar-refractivity contribution in [3.8, 4) is 16.9 Å². The number of nitrogens with zero attached hydrogens (tertiary/aromatic N) is 1. The first-order valence-corrected chi connectivity index (χ1v) is 10.3. The molecule has 3 aromatic carbocycles. The molecule has 1 heterocycles. The number of phenols is 1. The van der Waals surface area contributed by atoms with Crippen molar-refractivity contribution in [2.45, 2.75) is 6.92 Å². The first-order valence-electron chi connectivity index (χ1n) is 10.3. The van der Waals surface area contributed by atoms with Crippen molar-refractivity contribution in [2.24, 2.45) is 0 Å². The quantitative estimate of drug-likeness (QED) is 0.607. The molecule has 6 nitrogen and oxygen atoms in total. The van der Waals surface area contributed by atoms with E-state index in [-0.39, 0.29) is 17.6 Å². The lowest BCUT2D eigenvalue weighted by Gasteiger charge is -2.27. The molecule has 4 rings (SSSR count). The van der Waals surface area contributed by atoms with Crippen LogP contribution in [-0.4, -0.2) is 48.0 Å². The number of carbonyl (C=O) groups is 2. The van der Waals surface area contributed by atoms with Crippen LogP contribution in [0.15, 0.2) is 66.7 Å². The van der Waals surface area contributed by atoms with E-state index >= 15 is 0 Å². The maximum atomic E-state index is 12.7. The maximum Gasteiger partial charge on any atom is 0.255 e. The van der Waals surface area contributed by atoms with E-state index in [0.29, 0.717) is 35.5 Å². The van der Waals surface area contributed by atoms with Crippen molar-refractivity contribution in [1.29, 1.82) is 0 Å². The summed E-state index contributed by atoms with van der Waals surface area (Å²) in [5.74, 6) is -0.277. The molecule has 1 aliphatic heterocycles. The molecule has 1 fully saturated rings. The molecule has 6 heteroatoms. The van der Waals surface area contributed by atoms with E-state index in [4.69, 9.17) is 0 Å². The van der Waals surface area contributed by atoms with Gasteiger partial charge in [-0.25, -0.2) is 0 Å². The molecule has 3 aromatic rings. The first-order chi connectivity index (χ1) is 15.0. The molecular formula is C25H25N3O3. The molecule has 1 aliphatic rings. The molecule has 1 saturated heterocycles. The van der Waals surface area contributed by atoms with Gasteiger partial charge in [0, 0.05) is 43.0 Å². The van der Waals surface area contributed by atoms with Gasteiger partial charge in [-0.2, -0.15) is 0 Å². The number of amides is 2. The third kappa shape index (κ3) is 4.92. The van der Waals surface area contributed by atoms with Gasteiger partial charge in [0.1, 0.15) is 5.75 Å². The molecule has 0 aromatic heterocycles. The highest BCUT2D eigenvalue weighted by Gasteiger charge is 2.18. The zero-order valence-corrected chi connectivity index (χ0v) is 17.4. The van der Waals surface area contributed by atoms with Gasteiger partial charge in [0.15, 0.2) is 0 Å². The van der Waals surface area contributed by atoms with Crippen molar-refractivity contribution >= 4 is 17.5 Å². The summed E-state index contributed by atoms with van der Waals surface area (Å²) in [7, 11) is 0. The predicted octanol–water partition coefficient (Wildman–Crippen LogP) is 3.67. The van der Waals surface area contributed by atoms with Crippen LogP contribution in [0.25, 0.3) is 11.1 Å². The lowest BCUT2D eigenvalue weighted by molar-refractivity contribution is 0.0735. The molecule has 0 radical (unpaired) electrons. The van der Waals surface area contributed by atoms with E-state index in [1.54, 1.807) is 24.3 Å². The number of anilines is 1. The van der Waals surface area contributed by atoms with E-state index in [0.717, 1.165) is 24.2 Å². The van der Waals surface area contributed by atoms with Crippen LogP contribution in [0.2, 0.25) is 0 Å². The summed E-state index contributed by atoms with van der Waals surface area (Å²) in [6.45, 7) is 5.00. The average molecular weight is 415 g/mol. The van der Waals surface area contributed by atoms with E-state index in [2.05, 4.69) is 10.6 Å². The van der Waals surface area contributed by atoms with Crippen LogP contribution in [-0.2, 0) is 0 Å². The van der Waals surface area contributed by atoms with Gasteiger partial charge < -0.3 is 20.6 Å². The first kappa shape index (κ1) is 20.6. The molecule has 0 atom stereocenters. The van der Waals surface area contributed by atoms with Crippen molar-refractivity contribution in [1.82, 2.24) is 10.2 Å². The summed E-state index contributed by atoms with van der Waals surface area (Å²) < 4.78 is 0. The predicted molar refractivity (Wildman–Crippen MR) is 121 cm³/mol. The van der Waals surface area contributed by atoms with E-state index < -0.39 is 0 Å². The Kier molecular flexibility index (Phi) is 6.00. The number of nitrogens with one attached hydrogen (secondary N) is 2. The molecule has 2 amide bonds. The molecule has 0 saturated carbocycles. The largest absolute Gasteiger partial charge is 0.508 e. The summed E-state index contributed by atoms with van der Waals surface area (Å²) in [4.78, 5) is 27.2. The Morgan fingerprint density at radius 2 is 1.55 bits per heavy atom. The third-order valence-corrected chi connectivity index (χ3v) is 5.36. The molecule has 0 unspecified atom stereocenters. The number of hydrogen-bond acceptors (Lipinski definition) is 4. The van der Waals surface area contributed by atoms with Gasteiger partial charge in [-0.1, -0.05) is 29.8 Å². The number of piperazine rings is 1. The minimum absolute atomic E-state index is 0.00697. The zero-order valence-electron chi connectivity index (χ0n) is 17.4. The van der Waals surface area contributed by atoms with Crippen molar-refractivity contribution in [2.75, 3.05) is 31.5 Å². The van der Waals surface area contributed by atoms with Crippen molar-refractivity contribution in [3.63, 3.8) is 0 Å². The summed E-state index contributed by atoms with van der Waals surface area (Å²) in [6, 6.07) is 19.6. The molecule has 0 bridgehead atoms. The molecule has 3 N–H and O–H groups in total. The summed E-state index contributed by atoms with van der Waals surface area (Å²) >= 11 is 0. The second kappa shape index (κ2) is 9.02. The zero-order chi connectivity index (χ0) is 21.8. The lowest BCUT2D eigenvalue weighted by atomic mass is 10.0. The van der Waals surface area contributed by atoms with Crippen LogP contribution in [0.1, 0.15) is 26.3 Å². The van der Waals surface area contributed by atoms with Crippen LogP contribution >= 0.6 is 0 Å². The Labute approximate surface area is 181 Å². The number of benzene rings is 3. The Morgan fingerprint density at radius 1 is 0.871 bits per heavy atom. The highest BCUT2D eigenvalue weighted by atomic mass is 16.3. The summed E-state index contributed by atoms with van der Waals surface area (Å²) in [5, 5.41) is 16.3. The second-order valence-electron chi connectivity index (χ2n) is 7.71. The van der Waals surface area contributed by atoms with Gasteiger partial charge in [-0.3, -0.25) is 9.59 Å². The Hall–Kier alpha value is -3.64. The van der Waals surface area contributed by atoms with E-state index in [9.17, 15) is 14.7 Å². The van der Waals surface area contributed by atoms with Crippen molar-refractivity contribution in [3.05, 3.63) is 83.4 Å². The average Bonchev–Trinajstić information content (AvgIpc) is 2.80. The van der Waals surface area contributed by atoms with Crippen LogP contribution in [0.5, 0.6) is 5.75 Å². The standard InChI is InChI=1S/C25H25N3O3/c1-17-2-8-22(9-3-17)27-24(30)21-14-20(15-23(29)16-21)18-4-6-19(7-5-18)25(31)28-12-10-26-11-13-28/h2-9,14-16,26,29H,10-13H2,1H3,(H,27,30). The maximum absolute atomic E-state index is 12.7. The highest BCUT2D eigenvalue weighted by Crippen LogP contribution is 2.27. The van der Waals surface area contributed by atoms with E-state index in [1.807, 2.05) is 48.2 Å². The van der Waals surface area contributed by atoms with Gasteiger partial charge in [0.25, 0.3) is 11.8 Å². The van der Waals surface area contributed by atoms with Crippen LogP contribution in [0.3, 0.4) is 0 Å². The fourth-order valence-electron chi connectivity index (χ4n) is 3.60. The summed E-state index contributed by atoms with van der Waals surface area (Å²) in [5.41, 5.74) is 4.31. The molecule has 0 aliphatic carbocycles. The monoisotopic (exact) mass is 415 g/mol. The van der Waals surface area contributed by atoms with E-state index in [1.165, 1.54) is 6.07 Å². The topological polar surface area (TPSA) is 81.7 Å². The van der Waals surface area contributed by atoms with Gasteiger partial charge >= 0.3 is 0 Å². The Balaban J connectivity index is 1.52. The number of rotatable bonds is 4. The minimum Gasteiger partial charge on any atom is -0.508 e. The lowest BCUT2D eigenvalue weighted by Crippen LogP contribution is -2.46. The van der Waals surface area contributed by atoms with Crippen LogP contribution < -0.4 is 10.6 Å². The van der Waals surface area contributed by atoms with Gasteiger partial charge in [-0.15, -0.1) is 0 Å². The second-order valence-corrected chi connectivity index (χ2v) is 7.71. The molecule has 158 valence electrons. The van der Waals surface area contributed by atoms with Gasteiger partial charge in [0.2, 0.25) is 0 Å². The number of hydrogen-bond donors (Lipinski definition) is 3. The number of aromatic hydroxyl groups is 1. The number of aryl methyl sites for hydroxylation is 1. The Morgan fingerprint density at radius 3 is 2.23 bits per heavy atom. The molecular weight excluding hydrogens is 390 g/mol. The summed E-state index contributed by atoms with van der Waals surface area (Å²) in [6.07, 6.45) is 0. The van der Waals surface area contributed by atoms with Crippen molar-refractivity contribution < 1.29 is 14.7 Å². The highest BCUT2D eigenvalue weighted by molar-refractivity contribution is 6.05. The minimum atomic E-state index is -0.300. The molecule has 31 heavy (non-hydrogen) atoms. The molecule has 0 spiro atoms. The van der Waals surface area contributed by atoms with Gasteiger partial charge in [0.05, 0.1) is 0 Å². The van der Waals surface area contributed by atoms with Crippen LogP contribution in [0.4, 0.5) is 5.69 Å². The normalized spacial score (nSPS) is 13.6. The Bertz CT molecular complexity index is 1090. The fourth-order valence-corrected chi connectivity index (χ4v) is 3.60.